The van der Waals surface area contributed by atoms with E-state index in [9.17, 15) is 0 Å². The normalized spacial score (nSPS) is 13.7. The average molecular weight is 126 g/mol. The number of aliphatic hydroxyl groups excluding tert-OH is 1. The number of aliphatic hydroxyl groups is 1. The van der Waals surface area contributed by atoms with Crippen molar-refractivity contribution in [1.29, 1.82) is 0 Å². The van der Waals surface area contributed by atoms with Crippen molar-refractivity contribution >= 4 is 0 Å². The van der Waals surface area contributed by atoms with Crippen LogP contribution in [0.25, 0.3) is 0 Å². The van der Waals surface area contributed by atoms with Crippen molar-refractivity contribution in [2.75, 3.05) is 0 Å². The summed E-state index contributed by atoms with van der Waals surface area (Å²) in [4.78, 5) is 0. The molecule has 1 aromatic rings. The van der Waals surface area contributed by atoms with E-state index in [0.717, 1.165) is 5.56 Å². The highest BCUT2D eigenvalue weighted by Crippen LogP contribution is 2.14. The van der Waals surface area contributed by atoms with Gasteiger partial charge in [0.25, 0.3) is 0 Å². The Balaban J connectivity index is 2.85. The summed E-state index contributed by atoms with van der Waals surface area (Å²) in [6.07, 6.45) is 1.14. The van der Waals surface area contributed by atoms with Crippen molar-refractivity contribution in [2.45, 2.75) is 20.0 Å². The van der Waals surface area contributed by atoms with E-state index in [2.05, 4.69) is 0 Å². The first-order valence-electron chi connectivity index (χ1n) is 2.93. The van der Waals surface area contributed by atoms with E-state index in [1.807, 2.05) is 13.0 Å². The lowest BCUT2D eigenvalue weighted by atomic mass is 10.3. The van der Waals surface area contributed by atoms with Crippen LogP contribution in [-0.4, -0.2) is 5.11 Å². The second-order valence-electron chi connectivity index (χ2n) is 2.20. The molecule has 50 valence electrons. The number of hydrogen-bond acceptors (Lipinski definition) is 2. The average Bonchev–Trinajstić information content (AvgIpc) is 2.14. The maximum absolute atomic E-state index is 8.94. The van der Waals surface area contributed by atoms with Gasteiger partial charge in [0.2, 0.25) is 0 Å². The number of rotatable bonds is 1. The zero-order chi connectivity index (χ0) is 6.85. The lowest BCUT2D eigenvalue weighted by Crippen LogP contribution is -1.85. The molecule has 0 aromatic carbocycles. The molecule has 0 saturated heterocycles. The topological polar surface area (TPSA) is 33.4 Å². The Hall–Kier alpha value is -0.760. The van der Waals surface area contributed by atoms with Gasteiger partial charge in [0.05, 0.1) is 6.26 Å². The van der Waals surface area contributed by atoms with Crippen LogP contribution < -0.4 is 0 Å². The van der Waals surface area contributed by atoms with Gasteiger partial charge in [-0.1, -0.05) is 0 Å². The zero-order valence-corrected chi connectivity index (χ0v) is 5.59. The lowest BCUT2D eigenvalue weighted by Gasteiger charge is -1.94. The molecule has 0 unspecified atom stereocenters. The van der Waals surface area contributed by atoms with E-state index in [1.165, 1.54) is 0 Å². The number of furan rings is 1. The maximum Gasteiger partial charge on any atom is 0.132 e. The fourth-order valence-electron chi connectivity index (χ4n) is 0.672. The van der Waals surface area contributed by atoms with Crippen molar-refractivity contribution in [2.24, 2.45) is 0 Å². The molecule has 9 heavy (non-hydrogen) atoms. The van der Waals surface area contributed by atoms with E-state index in [4.69, 9.17) is 9.52 Å². The largest absolute Gasteiger partial charge is 0.466 e. The van der Waals surface area contributed by atoms with Gasteiger partial charge in [-0.15, -0.1) is 0 Å². The van der Waals surface area contributed by atoms with E-state index >= 15 is 0 Å². The van der Waals surface area contributed by atoms with Crippen LogP contribution >= 0.6 is 0 Å². The Morgan fingerprint density at radius 2 is 2.33 bits per heavy atom. The predicted octanol–water partition coefficient (Wildman–Crippen LogP) is 1.64. The molecule has 1 heterocycles. The van der Waals surface area contributed by atoms with Crippen LogP contribution in [0, 0.1) is 6.92 Å². The molecule has 1 rings (SSSR count). The highest BCUT2D eigenvalue weighted by atomic mass is 16.4. The van der Waals surface area contributed by atoms with E-state index in [1.54, 1.807) is 13.2 Å². The quantitative estimate of drug-likeness (QED) is 0.620. The molecule has 0 radical (unpaired) electrons. The molecule has 1 aromatic heterocycles. The lowest BCUT2D eigenvalue weighted by molar-refractivity contribution is 0.169. The van der Waals surface area contributed by atoms with Crippen LogP contribution in [0.5, 0.6) is 0 Å². The molecule has 2 heteroatoms. The van der Waals surface area contributed by atoms with Crippen molar-refractivity contribution < 1.29 is 9.52 Å². The summed E-state index contributed by atoms with van der Waals surface area (Å²) in [5.41, 5.74) is 1.05. The summed E-state index contributed by atoms with van der Waals surface area (Å²) in [6, 6.07) is 1.82. The monoisotopic (exact) mass is 126 g/mol. The first kappa shape index (κ1) is 6.36. The molecule has 1 atom stereocenters. The fourth-order valence-corrected chi connectivity index (χ4v) is 0.672. The molecule has 0 fully saturated rings. The van der Waals surface area contributed by atoms with Crippen LogP contribution in [0.15, 0.2) is 16.7 Å². The summed E-state index contributed by atoms with van der Waals surface area (Å²) in [5, 5.41) is 8.94. The van der Waals surface area contributed by atoms with Crippen molar-refractivity contribution in [1.82, 2.24) is 0 Å². The van der Waals surface area contributed by atoms with Gasteiger partial charge in [-0.3, -0.25) is 0 Å². The minimum Gasteiger partial charge on any atom is -0.466 e. The standard InChI is InChI=1S/C7H10O2/c1-5-3-7(6(2)8)9-4-5/h3-4,6,8H,1-2H3/t6-/m1/s1. The molecule has 1 N–H and O–H groups in total. The minimum absolute atomic E-state index is 0.487. The van der Waals surface area contributed by atoms with Crippen molar-refractivity contribution in [3.05, 3.63) is 23.7 Å². The second kappa shape index (κ2) is 2.23. The molecule has 0 aliphatic rings. The molecule has 0 aliphatic heterocycles. The molecule has 0 amide bonds. The van der Waals surface area contributed by atoms with Gasteiger partial charge < -0.3 is 9.52 Å². The Kier molecular flexibility index (Phi) is 1.58. The molecule has 0 saturated carbocycles. The molecule has 2 nitrogen and oxygen atoms in total. The van der Waals surface area contributed by atoms with Crippen LogP contribution in [0.1, 0.15) is 24.4 Å². The van der Waals surface area contributed by atoms with Gasteiger partial charge in [-0.25, -0.2) is 0 Å². The van der Waals surface area contributed by atoms with Gasteiger partial charge in [-0.05, 0) is 25.5 Å². The molecule has 0 spiro atoms. The summed E-state index contributed by atoms with van der Waals surface area (Å²) >= 11 is 0. The number of aryl methyl sites for hydroxylation is 1. The van der Waals surface area contributed by atoms with Crippen molar-refractivity contribution in [3.8, 4) is 0 Å². The third kappa shape index (κ3) is 1.33. The molecular weight excluding hydrogens is 116 g/mol. The van der Waals surface area contributed by atoms with Gasteiger partial charge in [0.15, 0.2) is 0 Å². The minimum atomic E-state index is -0.487. The molecule has 0 bridgehead atoms. The van der Waals surface area contributed by atoms with Crippen LogP contribution in [-0.2, 0) is 0 Å². The highest BCUT2D eigenvalue weighted by Gasteiger charge is 2.02. The maximum atomic E-state index is 8.94. The predicted molar refractivity (Wildman–Crippen MR) is 34.1 cm³/mol. The molecular formula is C7H10O2. The van der Waals surface area contributed by atoms with Gasteiger partial charge in [0, 0.05) is 0 Å². The van der Waals surface area contributed by atoms with Gasteiger partial charge >= 0.3 is 0 Å². The van der Waals surface area contributed by atoms with Crippen molar-refractivity contribution in [3.63, 3.8) is 0 Å². The summed E-state index contributed by atoms with van der Waals surface area (Å²) < 4.78 is 4.98. The third-order valence-electron chi connectivity index (χ3n) is 1.16. The Morgan fingerprint density at radius 3 is 2.56 bits per heavy atom. The molecule has 0 aliphatic carbocycles. The van der Waals surface area contributed by atoms with Crippen LogP contribution in [0.2, 0.25) is 0 Å². The Bertz CT molecular complexity index is 189. The smallest absolute Gasteiger partial charge is 0.132 e. The Labute approximate surface area is 54.1 Å². The van der Waals surface area contributed by atoms with Crippen LogP contribution in [0.3, 0.4) is 0 Å². The summed E-state index contributed by atoms with van der Waals surface area (Å²) in [5.74, 6) is 0.632. The zero-order valence-electron chi connectivity index (χ0n) is 5.59. The van der Waals surface area contributed by atoms with Gasteiger partial charge in [-0.2, -0.15) is 0 Å². The SMILES string of the molecule is Cc1coc([C@@H](C)O)c1. The summed E-state index contributed by atoms with van der Waals surface area (Å²) in [6.45, 7) is 3.60. The first-order valence-corrected chi connectivity index (χ1v) is 2.93. The third-order valence-corrected chi connectivity index (χ3v) is 1.16. The van der Waals surface area contributed by atoms with Gasteiger partial charge in [0.1, 0.15) is 11.9 Å². The van der Waals surface area contributed by atoms with E-state index in [-0.39, 0.29) is 0 Å². The summed E-state index contributed by atoms with van der Waals surface area (Å²) in [7, 11) is 0. The van der Waals surface area contributed by atoms with E-state index < -0.39 is 6.10 Å². The fraction of sp³-hybridized carbons (Fsp3) is 0.429. The number of hydrogen-bond donors (Lipinski definition) is 1. The van der Waals surface area contributed by atoms with Crippen LogP contribution in [0.4, 0.5) is 0 Å². The Morgan fingerprint density at radius 1 is 1.67 bits per heavy atom. The second-order valence-corrected chi connectivity index (χ2v) is 2.20. The first-order chi connectivity index (χ1) is 4.20. The van der Waals surface area contributed by atoms with E-state index in [0.29, 0.717) is 5.76 Å². The highest BCUT2D eigenvalue weighted by molar-refractivity contribution is 5.11.